The van der Waals surface area contributed by atoms with Gasteiger partial charge in [0, 0.05) is 32.0 Å². The van der Waals surface area contributed by atoms with Gasteiger partial charge in [-0.25, -0.2) is 14.8 Å². The molecule has 0 fully saturated rings. The van der Waals surface area contributed by atoms with Gasteiger partial charge in [0.15, 0.2) is 0 Å². The molecule has 0 aliphatic rings. The predicted octanol–water partition coefficient (Wildman–Crippen LogP) is 4.81. The summed E-state index contributed by atoms with van der Waals surface area (Å²) in [6.45, 7) is 5.08. The van der Waals surface area contributed by atoms with Crippen molar-refractivity contribution in [1.29, 1.82) is 0 Å². The molecule has 0 unspecified atom stereocenters. The van der Waals surface area contributed by atoms with Gasteiger partial charge in [-0.1, -0.05) is 56.9 Å². The lowest BCUT2D eigenvalue weighted by Gasteiger charge is -2.17. The minimum atomic E-state index is -0.907. The number of carbonyl (C=O) groups excluding carboxylic acids is 1. The molecule has 2 N–H and O–H groups in total. The summed E-state index contributed by atoms with van der Waals surface area (Å²) >= 11 is 0. The first kappa shape index (κ1) is 25.3. The van der Waals surface area contributed by atoms with Crippen LogP contribution in [0.4, 0.5) is 10.7 Å². The fourth-order valence-electron chi connectivity index (χ4n) is 3.31. The molecule has 174 valence electrons. The van der Waals surface area contributed by atoms with Crippen LogP contribution in [0.1, 0.15) is 64.0 Å². The Bertz CT molecular complexity index is 857. The van der Waals surface area contributed by atoms with Crippen molar-refractivity contribution in [3.05, 3.63) is 42.1 Å². The molecule has 8 heteroatoms. The lowest BCUT2D eigenvalue weighted by atomic mass is 10.0. The van der Waals surface area contributed by atoms with Gasteiger partial charge < -0.3 is 15.2 Å². The molecular formula is C24H34N4O4. The number of carboxylic acids is 1. The third-order valence-electron chi connectivity index (χ3n) is 5.11. The van der Waals surface area contributed by atoms with Crippen molar-refractivity contribution in [2.75, 3.05) is 25.1 Å². The number of nitrogens with one attached hydrogen (secondary N) is 1. The van der Waals surface area contributed by atoms with Crippen LogP contribution in [0.25, 0.3) is 11.3 Å². The normalized spacial score (nSPS) is 11.7. The van der Waals surface area contributed by atoms with E-state index in [1.54, 1.807) is 19.3 Å². The van der Waals surface area contributed by atoms with Crippen molar-refractivity contribution in [3.8, 4) is 11.3 Å². The molecule has 1 aromatic carbocycles. The lowest BCUT2D eigenvalue weighted by Crippen LogP contribution is -2.38. The number of aliphatic carboxylic acids is 1. The Kier molecular flexibility index (Phi) is 10.6. The number of hydrogen-bond donors (Lipinski definition) is 2. The Balaban J connectivity index is 2.02. The first-order chi connectivity index (χ1) is 15.5. The van der Waals surface area contributed by atoms with E-state index >= 15 is 0 Å². The molecule has 0 saturated heterocycles. The van der Waals surface area contributed by atoms with Crippen molar-refractivity contribution in [2.24, 2.45) is 0 Å². The van der Waals surface area contributed by atoms with Gasteiger partial charge in [-0.05, 0) is 25.0 Å². The van der Waals surface area contributed by atoms with Crippen LogP contribution in [0.2, 0.25) is 0 Å². The fraction of sp³-hybridized carbons (Fsp3) is 0.500. The molecule has 32 heavy (non-hydrogen) atoms. The quantitative estimate of drug-likeness (QED) is 0.431. The van der Waals surface area contributed by atoms with Crippen molar-refractivity contribution in [2.45, 2.75) is 58.5 Å². The molecule has 1 heterocycles. The Morgan fingerprint density at radius 3 is 2.47 bits per heavy atom. The Labute approximate surface area is 190 Å². The number of rotatable bonds is 13. The standard InChI is InChI=1S/C24H34N4O4/c1-4-6-7-8-9-15-26-24(31)28(3)23-25-16-14-20(27-23)18-10-12-19(13-11-18)21(32-5-2)17-22(29)30/h10-14,16,21H,4-9,15,17H2,1-3H3,(H,26,31)(H,29,30)/t21-/m0/s1. The molecule has 0 spiro atoms. The zero-order valence-corrected chi connectivity index (χ0v) is 19.2. The number of benzene rings is 1. The van der Waals surface area contributed by atoms with Gasteiger partial charge >= 0.3 is 12.0 Å². The minimum Gasteiger partial charge on any atom is -0.481 e. The summed E-state index contributed by atoms with van der Waals surface area (Å²) < 4.78 is 5.56. The number of hydrogen-bond acceptors (Lipinski definition) is 5. The number of aromatic nitrogens is 2. The number of unbranched alkanes of at least 4 members (excludes halogenated alkanes) is 4. The molecule has 2 amide bonds. The van der Waals surface area contributed by atoms with E-state index in [4.69, 9.17) is 9.84 Å². The molecule has 2 aromatic rings. The van der Waals surface area contributed by atoms with Crippen LogP contribution in [0.3, 0.4) is 0 Å². The molecule has 2 rings (SSSR count). The number of urea groups is 1. The number of anilines is 1. The SMILES string of the molecule is CCCCCCCNC(=O)N(C)c1nccc(-c2ccc([C@H](CC(=O)O)OCC)cc2)n1. The summed E-state index contributed by atoms with van der Waals surface area (Å²) in [6.07, 6.45) is 6.70. The molecule has 1 atom stereocenters. The molecule has 0 bridgehead atoms. The highest BCUT2D eigenvalue weighted by Crippen LogP contribution is 2.25. The number of nitrogens with zero attached hydrogens (tertiary/aromatic N) is 3. The van der Waals surface area contributed by atoms with E-state index < -0.39 is 12.1 Å². The van der Waals surface area contributed by atoms with Crippen LogP contribution >= 0.6 is 0 Å². The summed E-state index contributed by atoms with van der Waals surface area (Å²) in [6, 6.07) is 8.96. The van der Waals surface area contributed by atoms with Crippen molar-refractivity contribution >= 4 is 17.9 Å². The second kappa shape index (κ2) is 13.4. The molecule has 1 aromatic heterocycles. The largest absolute Gasteiger partial charge is 0.481 e. The summed E-state index contributed by atoms with van der Waals surface area (Å²) in [4.78, 5) is 33.7. The fourth-order valence-corrected chi connectivity index (χ4v) is 3.31. The summed E-state index contributed by atoms with van der Waals surface area (Å²) in [5, 5.41) is 12.0. The molecule has 0 saturated carbocycles. The van der Waals surface area contributed by atoms with E-state index in [0.717, 1.165) is 24.0 Å². The maximum Gasteiger partial charge on any atom is 0.324 e. The van der Waals surface area contributed by atoms with Crippen LogP contribution in [0.5, 0.6) is 0 Å². The van der Waals surface area contributed by atoms with E-state index in [2.05, 4.69) is 22.2 Å². The molecular weight excluding hydrogens is 408 g/mol. The van der Waals surface area contributed by atoms with Gasteiger partial charge in [0.1, 0.15) is 0 Å². The zero-order chi connectivity index (χ0) is 23.3. The molecule has 0 aliphatic heterocycles. The topological polar surface area (TPSA) is 105 Å². The molecule has 8 nitrogen and oxygen atoms in total. The number of ether oxygens (including phenoxy) is 1. The molecule has 0 aliphatic carbocycles. The van der Waals surface area contributed by atoms with Crippen LogP contribution in [0.15, 0.2) is 36.5 Å². The molecule has 0 radical (unpaired) electrons. The van der Waals surface area contributed by atoms with Gasteiger partial charge in [0.2, 0.25) is 5.95 Å². The smallest absolute Gasteiger partial charge is 0.324 e. The lowest BCUT2D eigenvalue weighted by molar-refractivity contribution is -0.140. The van der Waals surface area contributed by atoms with Gasteiger partial charge in [-0.15, -0.1) is 0 Å². The van der Waals surface area contributed by atoms with Gasteiger partial charge in [0.25, 0.3) is 0 Å². The van der Waals surface area contributed by atoms with Gasteiger partial charge in [0.05, 0.1) is 18.2 Å². The average Bonchev–Trinajstić information content (AvgIpc) is 2.80. The van der Waals surface area contributed by atoms with Crippen LogP contribution in [-0.4, -0.2) is 47.3 Å². The third-order valence-corrected chi connectivity index (χ3v) is 5.11. The van der Waals surface area contributed by atoms with E-state index in [1.807, 2.05) is 31.2 Å². The van der Waals surface area contributed by atoms with Crippen LogP contribution < -0.4 is 10.2 Å². The zero-order valence-electron chi connectivity index (χ0n) is 19.2. The summed E-state index contributed by atoms with van der Waals surface area (Å²) in [5.74, 6) is -0.594. The maximum atomic E-state index is 12.4. The first-order valence-electron chi connectivity index (χ1n) is 11.2. The second-order valence-corrected chi connectivity index (χ2v) is 7.61. The van der Waals surface area contributed by atoms with E-state index in [9.17, 15) is 9.59 Å². The highest BCUT2D eigenvalue weighted by molar-refractivity contribution is 5.89. The van der Waals surface area contributed by atoms with E-state index in [0.29, 0.717) is 24.8 Å². The van der Waals surface area contributed by atoms with Gasteiger partial charge in [-0.2, -0.15) is 0 Å². The monoisotopic (exact) mass is 442 g/mol. The Morgan fingerprint density at radius 1 is 1.09 bits per heavy atom. The average molecular weight is 443 g/mol. The summed E-state index contributed by atoms with van der Waals surface area (Å²) in [5.41, 5.74) is 2.31. The Hall–Kier alpha value is -3.00. The third kappa shape index (κ3) is 7.92. The van der Waals surface area contributed by atoms with Crippen LogP contribution in [-0.2, 0) is 9.53 Å². The maximum absolute atomic E-state index is 12.4. The van der Waals surface area contributed by atoms with Crippen molar-refractivity contribution < 1.29 is 19.4 Å². The second-order valence-electron chi connectivity index (χ2n) is 7.61. The number of carbonyl (C=O) groups is 2. The summed E-state index contributed by atoms with van der Waals surface area (Å²) in [7, 11) is 1.65. The number of carboxylic acid groups (broad SMARTS) is 1. The van der Waals surface area contributed by atoms with E-state index in [1.165, 1.54) is 24.2 Å². The minimum absolute atomic E-state index is 0.0939. The predicted molar refractivity (Wildman–Crippen MR) is 125 cm³/mol. The van der Waals surface area contributed by atoms with Gasteiger partial charge in [-0.3, -0.25) is 9.69 Å². The van der Waals surface area contributed by atoms with E-state index in [-0.39, 0.29) is 12.5 Å². The Morgan fingerprint density at radius 2 is 1.81 bits per heavy atom. The first-order valence-corrected chi connectivity index (χ1v) is 11.2. The highest BCUT2D eigenvalue weighted by atomic mass is 16.5. The highest BCUT2D eigenvalue weighted by Gasteiger charge is 2.17. The number of amides is 2. The van der Waals surface area contributed by atoms with Crippen molar-refractivity contribution in [3.63, 3.8) is 0 Å². The van der Waals surface area contributed by atoms with Crippen molar-refractivity contribution in [1.82, 2.24) is 15.3 Å². The van der Waals surface area contributed by atoms with Crippen LogP contribution in [0, 0.1) is 0 Å².